The summed E-state index contributed by atoms with van der Waals surface area (Å²) in [5, 5.41) is 2.60. The van der Waals surface area contributed by atoms with Crippen LogP contribution in [0.25, 0.3) is 49.7 Å². The quantitative estimate of drug-likeness (QED) is 0.240. The molecule has 6 aromatic rings. The molecule has 1 aromatic heterocycles. The molecule has 5 aromatic carbocycles. The molecular weight excluding hydrogens is 434 g/mol. The predicted molar refractivity (Wildman–Crippen MR) is 153 cm³/mol. The number of hydrogen-bond donors (Lipinski definition) is 0. The zero-order chi connectivity index (χ0) is 24.1. The van der Waals surface area contributed by atoms with Gasteiger partial charge in [-0.3, -0.25) is 0 Å². The van der Waals surface area contributed by atoms with E-state index < -0.39 is 0 Å². The predicted octanol–water partition coefficient (Wildman–Crippen LogP) is 9.36. The third-order valence-corrected chi connectivity index (χ3v) is 7.81. The lowest BCUT2D eigenvalue weighted by Crippen LogP contribution is -1.93. The highest BCUT2D eigenvalue weighted by Gasteiger charge is 2.19. The fourth-order valence-electron chi connectivity index (χ4n) is 5.93. The topological polar surface area (TPSA) is 4.93 Å². The summed E-state index contributed by atoms with van der Waals surface area (Å²) in [4.78, 5) is 0. The molecule has 0 amide bonds. The first-order valence-electron chi connectivity index (χ1n) is 13.1. The van der Waals surface area contributed by atoms with Crippen molar-refractivity contribution in [2.24, 2.45) is 0 Å². The van der Waals surface area contributed by atoms with Crippen molar-refractivity contribution in [3.8, 4) is 27.9 Å². The molecule has 1 aliphatic carbocycles. The second kappa shape index (κ2) is 8.53. The van der Waals surface area contributed by atoms with Crippen LogP contribution in [-0.4, -0.2) is 4.57 Å². The molecule has 0 saturated carbocycles. The Morgan fingerprint density at radius 3 is 1.92 bits per heavy atom. The average molecular weight is 464 g/mol. The van der Waals surface area contributed by atoms with Crippen LogP contribution in [0, 0.1) is 0 Å². The molecule has 0 bridgehead atoms. The number of unbranched alkanes of at least 4 members (excludes halogenated alkanes) is 1. The molecule has 0 spiro atoms. The van der Waals surface area contributed by atoms with E-state index in [9.17, 15) is 0 Å². The molecule has 174 valence electrons. The van der Waals surface area contributed by atoms with Gasteiger partial charge in [-0.25, -0.2) is 0 Å². The summed E-state index contributed by atoms with van der Waals surface area (Å²) >= 11 is 0. The SMILES string of the molecule is CCCCc1ccc2c(c1)-c1cc(-c3ccc(-n4c5ccccc5c5ccccc54)cc3)ccc1C2. The minimum absolute atomic E-state index is 1.05. The van der Waals surface area contributed by atoms with Crippen LogP contribution >= 0.6 is 0 Å². The third-order valence-electron chi connectivity index (χ3n) is 7.81. The Balaban J connectivity index is 1.27. The lowest BCUT2D eigenvalue weighted by Gasteiger charge is -2.11. The summed E-state index contributed by atoms with van der Waals surface area (Å²) in [7, 11) is 0. The van der Waals surface area contributed by atoms with Crippen LogP contribution in [0.2, 0.25) is 0 Å². The van der Waals surface area contributed by atoms with E-state index in [1.54, 1.807) is 0 Å². The van der Waals surface area contributed by atoms with Gasteiger partial charge in [-0.1, -0.05) is 92.2 Å². The Bertz CT molecular complexity index is 1680. The fraction of sp³-hybridized carbons (Fsp3) is 0.143. The van der Waals surface area contributed by atoms with Crippen LogP contribution in [0.1, 0.15) is 36.5 Å². The van der Waals surface area contributed by atoms with Gasteiger partial charge in [0.15, 0.2) is 0 Å². The summed E-state index contributed by atoms with van der Waals surface area (Å²) in [5.74, 6) is 0. The van der Waals surface area contributed by atoms with Crippen LogP contribution in [0.15, 0.2) is 109 Å². The van der Waals surface area contributed by atoms with Gasteiger partial charge in [0.05, 0.1) is 11.0 Å². The minimum atomic E-state index is 1.05. The second-order valence-electron chi connectivity index (χ2n) is 10.1. The van der Waals surface area contributed by atoms with E-state index in [4.69, 9.17) is 0 Å². The smallest absolute Gasteiger partial charge is 0.0541 e. The molecular formula is C35H29N. The molecule has 0 atom stereocenters. The molecule has 0 radical (unpaired) electrons. The van der Waals surface area contributed by atoms with Crippen molar-refractivity contribution in [3.63, 3.8) is 0 Å². The monoisotopic (exact) mass is 463 g/mol. The van der Waals surface area contributed by atoms with Gasteiger partial charge in [0, 0.05) is 16.5 Å². The van der Waals surface area contributed by atoms with Gasteiger partial charge in [-0.15, -0.1) is 0 Å². The number of fused-ring (bicyclic) bond motifs is 6. The summed E-state index contributed by atoms with van der Waals surface area (Å²) in [5.41, 5.74) is 13.5. The summed E-state index contributed by atoms with van der Waals surface area (Å²) < 4.78 is 2.38. The first-order chi connectivity index (χ1) is 17.8. The summed E-state index contributed by atoms with van der Waals surface area (Å²) in [6.45, 7) is 2.27. The first-order valence-corrected chi connectivity index (χ1v) is 13.1. The van der Waals surface area contributed by atoms with Gasteiger partial charge < -0.3 is 4.57 Å². The number of aromatic nitrogens is 1. The number of rotatable bonds is 5. The number of hydrogen-bond acceptors (Lipinski definition) is 0. The number of nitrogens with zero attached hydrogens (tertiary/aromatic N) is 1. The van der Waals surface area contributed by atoms with Crippen LogP contribution in [0.3, 0.4) is 0 Å². The van der Waals surface area contributed by atoms with Crippen molar-refractivity contribution in [3.05, 3.63) is 126 Å². The van der Waals surface area contributed by atoms with Crippen molar-refractivity contribution >= 4 is 21.8 Å². The molecule has 36 heavy (non-hydrogen) atoms. The van der Waals surface area contributed by atoms with Gasteiger partial charge in [0.2, 0.25) is 0 Å². The Kier molecular flexibility index (Phi) is 5.03. The average Bonchev–Trinajstić information content (AvgIpc) is 3.47. The molecule has 0 saturated heterocycles. The maximum absolute atomic E-state index is 2.44. The normalized spacial score (nSPS) is 12.2. The lowest BCUT2D eigenvalue weighted by molar-refractivity contribution is 0.795. The molecule has 0 N–H and O–H groups in total. The fourth-order valence-corrected chi connectivity index (χ4v) is 5.93. The lowest BCUT2D eigenvalue weighted by atomic mass is 9.97. The third kappa shape index (κ3) is 3.38. The Hall–Kier alpha value is -4.10. The Morgan fingerprint density at radius 1 is 0.611 bits per heavy atom. The molecule has 0 unspecified atom stereocenters. The van der Waals surface area contributed by atoms with Crippen molar-refractivity contribution in [1.29, 1.82) is 0 Å². The van der Waals surface area contributed by atoms with E-state index in [1.165, 1.54) is 85.7 Å². The zero-order valence-electron chi connectivity index (χ0n) is 20.7. The van der Waals surface area contributed by atoms with E-state index in [1.807, 2.05) is 0 Å². The molecule has 7 rings (SSSR count). The van der Waals surface area contributed by atoms with Crippen molar-refractivity contribution in [2.45, 2.75) is 32.6 Å². The maximum Gasteiger partial charge on any atom is 0.0541 e. The largest absolute Gasteiger partial charge is 0.309 e. The highest BCUT2D eigenvalue weighted by Crippen LogP contribution is 2.40. The van der Waals surface area contributed by atoms with Crippen LogP contribution in [0.5, 0.6) is 0 Å². The zero-order valence-corrected chi connectivity index (χ0v) is 20.7. The molecule has 1 heteroatoms. The Labute approximate surface area is 212 Å². The van der Waals surface area contributed by atoms with Crippen LogP contribution in [-0.2, 0) is 12.8 Å². The maximum atomic E-state index is 2.44. The first kappa shape index (κ1) is 21.2. The van der Waals surface area contributed by atoms with Gasteiger partial charge >= 0.3 is 0 Å². The summed E-state index contributed by atoms with van der Waals surface area (Å²) in [6, 6.07) is 40.6. The van der Waals surface area contributed by atoms with Crippen molar-refractivity contribution in [1.82, 2.24) is 4.57 Å². The van der Waals surface area contributed by atoms with Gasteiger partial charge in [-0.2, -0.15) is 0 Å². The van der Waals surface area contributed by atoms with Gasteiger partial charge in [0.25, 0.3) is 0 Å². The molecule has 1 heterocycles. The van der Waals surface area contributed by atoms with E-state index >= 15 is 0 Å². The van der Waals surface area contributed by atoms with E-state index in [0.29, 0.717) is 0 Å². The highest BCUT2D eigenvalue weighted by molar-refractivity contribution is 6.09. The molecule has 0 aliphatic heterocycles. The summed E-state index contributed by atoms with van der Waals surface area (Å²) in [6.07, 6.45) is 4.71. The van der Waals surface area contributed by atoms with Crippen LogP contribution in [0.4, 0.5) is 0 Å². The van der Waals surface area contributed by atoms with Crippen LogP contribution < -0.4 is 0 Å². The molecule has 1 nitrogen and oxygen atoms in total. The van der Waals surface area contributed by atoms with Crippen molar-refractivity contribution < 1.29 is 0 Å². The van der Waals surface area contributed by atoms with Gasteiger partial charge in [0.1, 0.15) is 0 Å². The minimum Gasteiger partial charge on any atom is -0.309 e. The second-order valence-corrected chi connectivity index (χ2v) is 10.1. The number of aryl methyl sites for hydroxylation is 1. The Morgan fingerprint density at radius 2 is 1.22 bits per heavy atom. The van der Waals surface area contributed by atoms with E-state index in [2.05, 4.69) is 121 Å². The van der Waals surface area contributed by atoms with E-state index in [0.717, 1.165) is 6.42 Å². The van der Waals surface area contributed by atoms with Crippen molar-refractivity contribution in [2.75, 3.05) is 0 Å². The van der Waals surface area contributed by atoms with Gasteiger partial charge in [-0.05, 0) is 88.5 Å². The highest BCUT2D eigenvalue weighted by atomic mass is 15.0. The number of benzene rings is 5. The van der Waals surface area contributed by atoms with E-state index in [-0.39, 0.29) is 0 Å². The molecule has 1 aliphatic rings. The standard InChI is InChI=1S/C35H29N/c1-2-3-8-24-13-14-27-22-28-16-15-26(23-33(28)32(27)21-24)25-17-19-29(20-18-25)36-34-11-6-4-9-30(34)31-10-5-7-12-35(31)36/h4-7,9-21,23H,2-3,8,22H2,1H3. The molecule has 0 fully saturated rings. The number of para-hydroxylation sites is 2.